The van der Waals surface area contributed by atoms with Crippen LogP contribution in [0.3, 0.4) is 0 Å². The number of phenols is 1. The van der Waals surface area contributed by atoms with Gasteiger partial charge < -0.3 is 31.9 Å². The third kappa shape index (κ3) is 3.65. The first-order valence-electron chi connectivity index (χ1n) is 12.2. The van der Waals surface area contributed by atoms with E-state index in [1.54, 1.807) is 25.1 Å². The van der Waals surface area contributed by atoms with Crippen LogP contribution in [0.4, 0.5) is 0 Å². The highest BCUT2D eigenvalue weighted by molar-refractivity contribution is 6.14. The molecular weight excluding hydrogens is 474 g/mol. The van der Waals surface area contributed by atoms with Gasteiger partial charge in [0, 0.05) is 24.5 Å². The molecule has 37 heavy (non-hydrogen) atoms. The number of amides is 1. The Morgan fingerprint density at radius 1 is 1.11 bits per heavy atom. The Hall–Kier alpha value is -3.66. The van der Waals surface area contributed by atoms with Crippen molar-refractivity contribution in [2.45, 2.75) is 37.5 Å². The number of aromatic hydroxyl groups is 1. The molecule has 0 aliphatic heterocycles. The molecule has 0 radical (unpaired) electrons. The van der Waals surface area contributed by atoms with Gasteiger partial charge in [-0.2, -0.15) is 0 Å². The van der Waals surface area contributed by atoms with Crippen LogP contribution in [0.15, 0.2) is 59.1 Å². The van der Waals surface area contributed by atoms with E-state index in [-0.39, 0.29) is 34.6 Å². The SMILES string of the molecule is CN(C)C1C(O)=C(C(N)=O)CC2(O)C(O)=C3C(=O)c4c(O)ccc(-c5ccc(CN)cc5)c4CC3CC12. The number of ketones is 1. The van der Waals surface area contributed by atoms with E-state index in [4.69, 9.17) is 11.5 Å². The average Bonchev–Trinajstić information content (AvgIpc) is 2.85. The number of aliphatic hydroxyl groups is 3. The Kier molecular flexibility index (Phi) is 5.90. The smallest absolute Gasteiger partial charge is 0.248 e. The highest BCUT2D eigenvalue weighted by Crippen LogP contribution is 2.54. The molecule has 0 spiro atoms. The molecule has 0 fully saturated rings. The van der Waals surface area contributed by atoms with Gasteiger partial charge in [0.1, 0.15) is 22.9 Å². The highest BCUT2D eigenvalue weighted by Gasteiger charge is 2.58. The van der Waals surface area contributed by atoms with Gasteiger partial charge in [-0.1, -0.05) is 30.3 Å². The van der Waals surface area contributed by atoms with E-state index >= 15 is 0 Å². The van der Waals surface area contributed by atoms with E-state index in [2.05, 4.69) is 0 Å². The van der Waals surface area contributed by atoms with Crippen LogP contribution in [0.25, 0.3) is 11.1 Å². The van der Waals surface area contributed by atoms with Crippen molar-refractivity contribution in [3.05, 3.63) is 75.8 Å². The molecule has 0 heterocycles. The van der Waals surface area contributed by atoms with Crippen LogP contribution in [0.1, 0.15) is 34.3 Å². The molecule has 5 rings (SSSR count). The lowest BCUT2D eigenvalue weighted by Gasteiger charge is -2.51. The minimum Gasteiger partial charge on any atom is -0.510 e. The number of fused-ring (bicyclic) bond motifs is 3. The molecule has 0 saturated carbocycles. The van der Waals surface area contributed by atoms with Crippen molar-refractivity contribution in [2.24, 2.45) is 23.3 Å². The summed E-state index contributed by atoms with van der Waals surface area (Å²) < 4.78 is 0. The molecule has 0 bridgehead atoms. The molecule has 4 atom stereocenters. The maximum absolute atomic E-state index is 13.8. The topological polar surface area (TPSA) is 170 Å². The van der Waals surface area contributed by atoms with Gasteiger partial charge in [-0.25, -0.2) is 0 Å². The number of allylic oxidation sites excluding steroid dienone is 1. The average molecular weight is 506 g/mol. The minimum atomic E-state index is -1.98. The van der Waals surface area contributed by atoms with Crippen molar-refractivity contribution in [3.8, 4) is 16.9 Å². The van der Waals surface area contributed by atoms with Gasteiger partial charge in [0.2, 0.25) is 5.91 Å². The van der Waals surface area contributed by atoms with E-state index in [1.807, 2.05) is 24.3 Å². The van der Waals surface area contributed by atoms with Gasteiger partial charge in [-0.05, 0) is 61.2 Å². The fourth-order valence-corrected chi connectivity index (χ4v) is 6.42. The van der Waals surface area contributed by atoms with Crippen molar-refractivity contribution in [3.63, 3.8) is 0 Å². The summed E-state index contributed by atoms with van der Waals surface area (Å²) in [6.07, 6.45) is 0.189. The lowest BCUT2D eigenvalue weighted by Crippen LogP contribution is -2.59. The first-order valence-corrected chi connectivity index (χ1v) is 12.2. The summed E-state index contributed by atoms with van der Waals surface area (Å²) in [7, 11) is 3.40. The maximum atomic E-state index is 13.8. The fourth-order valence-electron chi connectivity index (χ4n) is 6.42. The number of carbonyl (C=O) groups excluding carboxylic acids is 2. The monoisotopic (exact) mass is 505 g/mol. The second-order valence-electron chi connectivity index (χ2n) is 10.5. The Morgan fingerprint density at radius 2 is 1.78 bits per heavy atom. The van der Waals surface area contributed by atoms with E-state index in [0.717, 1.165) is 16.7 Å². The van der Waals surface area contributed by atoms with E-state index in [1.165, 1.54) is 6.07 Å². The van der Waals surface area contributed by atoms with Gasteiger partial charge in [0.05, 0.1) is 17.2 Å². The van der Waals surface area contributed by atoms with Crippen molar-refractivity contribution in [2.75, 3.05) is 14.1 Å². The Morgan fingerprint density at radius 3 is 2.38 bits per heavy atom. The Labute approximate surface area is 214 Å². The maximum Gasteiger partial charge on any atom is 0.248 e. The van der Waals surface area contributed by atoms with Gasteiger partial charge in [-0.15, -0.1) is 0 Å². The molecule has 1 amide bonds. The zero-order valence-corrected chi connectivity index (χ0v) is 20.7. The molecule has 9 nitrogen and oxygen atoms in total. The van der Waals surface area contributed by atoms with E-state index in [9.17, 15) is 30.0 Å². The predicted molar refractivity (Wildman–Crippen MR) is 137 cm³/mol. The summed E-state index contributed by atoms with van der Waals surface area (Å²) >= 11 is 0. The van der Waals surface area contributed by atoms with Crippen LogP contribution in [0, 0.1) is 11.8 Å². The van der Waals surface area contributed by atoms with Gasteiger partial charge in [0.25, 0.3) is 0 Å². The van der Waals surface area contributed by atoms with E-state index in [0.29, 0.717) is 18.5 Å². The summed E-state index contributed by atoms with van der Waals surface area (Å²) in [4.78, 5) is 27.6. The van der Waals surface area contributed by atoms with Crippen LogP contribution >= 0.6 is 0 Å². The zero-order valence-electron chi connectivity index (χ0n) is 20.7. The molecule has 0 saturated heterocycles. The van der Waals surface area contributed by atoms with Crippen molar-refractivity contribution < 1.29 is 30.0 Å². The molecule has 194 valence electrons. The van der Waals surface area contributed by atoms with Crippen molar-refractivity contribution in [1.29, 1.82) is 0 Å². The van der Waals surface area contributed by atoms with Crippen LogP contribution in [0.5, 0.6) is 5.75 Å². The largest absolute Gasteiger partial charge is 0.510 e. The fraction of sp³-hybridized carbons (Fsp3) is 0.357. The number of primary amides is 1. The zero-order chi connectivity index (χ0) is 26.8. The van der Waals surface area contributed by atoms with Crippen LogP contribution in [-0.4, -0.2) is 62.8 Å². The Balaban J connectivity index is 1.67. The van der Waals surface area contributed by atoms with Crippen molar-refractivity contribution in [1.82, 2.24) is 4.90 Å². The molecule has 8 N–H and O–H groups in total. The summed E-state index contributed by atoms with van der Waals surface area (Å²) in [6, 6.07) is 10.1. The molecule has 2 aromatic rings. The third-order valence-corrected chi connectivity index (χ3v) is 8.21. The van der Waals surface area contributed by atoms with Gasteiger partial charge in [-0.3, -0.25) is 14.5 Å². The number of aliphatic hydroxyl groups excluding tert-OH is 2. The molecule has 3 aliphatic rings. The number of carbonyl (C=O) groups is 2. The lowest BCUT2D eigenvalue weighted by atomic mass is 9.59. The highest BCUT2D eigenvalue weighted by atomic mass is 16.3. The summed E-state index contributed by atoms with van der Waals surface area (Å²) in [6.45, 7) is 0.401. The predicted octanol–water partition coefficient (Wildman–Crippen LogP) is 2.07. The first-order chi connectivity index (χ1) is 17.5. The number of likely N-dealkylation sites (N-methyl/N-ethyl adjacent to an activating group) is 1. The summed E-state index contributed by atoms with van der Waals surface area (Å²) in [5.74, 6) is -3.61. The molecule has 9 heteroatoms. The second kappa shape index (κ2) is 8.72. The number of nitrogens with two attached hydrogens (primary N) is 2. The number of hydrogen-bond acceptors (Lipinski definition) is 8. The molecule has 2 aromatic carbocycles. The number of benzene rings is 2. The van der Waals surface area contributed by atoms with Crippen molar-refractivity contribution >= 4 is 11.7 Å². The standard InChI is InChI=1S/C28H31N3O6/c1-31(2)23-19-10-15-9-17-16(14-5-3-13(12-29)4-6-14)7-8-20(32)22(17)25(34)21(15)26(35)28(19,37)11-18(24(23)33)27(30)36/h3-8,15,19,23,32-33,35,37H,9-12,29H2,1-2H3,(H2,30,36). The summed E-state index contributed by atoms with van der Waals surface area (Å²) in [5.41, 5.74) is 12.4. The number of rotatable bonds is 4. The second-order valence-corrected chi connectivity index (χ2v) is 10.5. The summed E-state index contributed by atoms with van der Waals surface area (Å²) in [5, 5.41) is 44.8. The minimum absolute atomic E-state index is 0.0277. The van der Waals surface area contributed by atoms with Crippen LogP contribution in [-0.2, 0) is 17.8 Å². The third-order valence-electron chi connectivity index (χ3n) is 8.21. The number of Topliss-reactive ketones (excluding diaryl/α,β-unsaturated/α-hetero) is 1. The normalized spacial score (nSPS) is 27.2. The molecule has 0 aromatic heterocycles. The number of hydrogen-bond donors (Lipinski definition) is 6. The van der Waals surface area contributed by atoms with Gasteiger partial charge in [0.15, 0.2) is 5.78 Å². The van der Waals surface area contributed by atoms with Crippen LogP contribution < -0.4 is 11.5 Å². The Bertz CT molecular complexity index is 1380. The molecular formula is C28H31N3O6. The first kappa shape index (κ1) is 25.0. The van der Waals surface area contributed by atoms with Gasteiger partial charge >= 0.3 is 0 Å². The number of phenolic OH excluding ortho intramolecular Hbond substituents is 1. The quantitative estimate of drug-likeness (QED) is 0.367. The van der Waals surface area contributed by atoms with E-state index < -0.39 is 47.3 Å². The molecule has 3 aliphatic carbocycles. The lowest BCUT2D eigenvalue weighted by molar-refractivity contribution is -0.118. The van der Waals surface area contributed by atoms with Crippen LogP contribution in [0.2, 0.25) is 0 Å². The molecule has 4 unspecified atom stereocenters. The number of nitrogens with zero attached hydrogens (tertiary/aromatic N) is 1.